The second-order valence-corrected chi connectivity index (χ2v) is 5.59. The highest BCUT2D eigenvalue weighted by Gasteiger charge is 2.03. The van der Waals surface area contributed by atoms with E-state index in [0.717, 1.165) is 34.8 Å². The van der Waals surface area contributed by atoms with Crippen LogP contribution >= 0.6 is 0 Å². The fourth-order valence-corrected chi connectivity index (χ4v) is 2.74. The van der Waals surface area contributed by atoms with Gasteiger partial charge < -0.3 is 9.88 Å². The third kappa shape index (κ3) is 2.72. The van der Waals surface area contributed by atoms with Crippen molar-refractivity contribution in [1.82, 2.24) is 19.5 Å². The van der Waals surface area contributed by atoms with E-state index in [0.29, 0.717) is 0 Å². The fourth-order valence-electron chi connectivity index (χ4n) is 2.74. The van der Waals surface area contributed by atoms with Crippen LogP contribution in [0, 0.1) is 6.92 Å². The van der Waals surface area contributed by atoms with Crippen LogP contribution in [-0.2, 0) is 6.54 Å². The van der Waals surface area contributed by atoms with Crippen molar-refractivity contribution in [1.29, 1.82) is 0 Å². The van der Waals surface area contributed by atoms with Crippen molar-refractivity contribution in [3.63, 3.8) is 0 Å². The molecule has 0 saturated heterocycles. The average Bonchev–Trinajstić information content (AvgIpc) is 3.06. The summed E-state index contributed by atoms with van der Waals surface area (Å²) < 4.78 is 2.07. The van der Waals surface area contributed by atoms with E-state index in [1.54, 1.807) is 12.4 Å². The monoisotopic (exact) mass is 315 g/mol. The third-order valence-corrected chi connectivity index (χ3v) is 4.02. The maximum Gasteiger partial charge on any atom is 0.112 e. The molecule has 24 heavy (non-hydrogen) atoms. The maximum absolute atomic E-state index is 4.42. The van der Waals surface area contributed by atoms with Crippen LogP contribution in [0.4, 0.5) is 5.69 Å². The summed E-state index contributed by atoms with van der Waals surface area (Å²) in [5, 5.41) is 3.45. The Kier molecular flexibility index (Phi) is 3.67. The summed E-state index contributed by atoms with van der Waals surface area (Å²) in [6.07, 6.45) is 7.37. The first-order valence-electron chi connectivity index (χ1n) is 7.84. The van der Waals surface area contributed by atoms with Gasteiger partial charge in [-0.2, -0.15) is 0 Å². The van der Waals surface area contributed by atoms with Gasteiger partial charge >= 0.3 is 0 Å². The van der Waals surface area contributed by atoms with Crippen molar-refractivity contribution in [3.8, 4) is 5.69 Å². The Bertz CT molecular complexity index is 967. The molecule has 0 aliphatic carbocycles. The van der Waals surface area contributed by atoms with Gasteiger partial charge in [0.25, 0.3) is 0 Å². The first kappa shape index (κ1) is 14.4. The van der Waals surface area contributed by atoms with Crippen LogP contribution in [0.1, 0.15) is 11.4 Å². The largest absolute Gasteiger partial charge is 0.379 e. The lowest BCUT2D eigenvalue weighted by molar-refractivity contribution is 0.972. The number of hydrogen-bond donors (Lipinski definition) is 1. The third-order valence-electron chi connectivity index (χ3n) is 4.02. The van der Waals surface area contributed by atoms with E-state index in [2.05, 4.69) is 49.1 Å². The first-order valence-corrected chi connectivity index (χ1v) is 7.84. The van der Waals surface area contributed by atoms with Gasteiger partial charge in [-0.3, -0.25) is 9.97 Å². The van der Waals surface area contributed by atoms with Gasteiger partial charge in [0.2, 0.25) is 0 Å². The Balaban J connectivity index is 1.53. The highest BCUT2D eigenvalue weighted by molar-refractivity contribution is 5.86. The number of hydrogen-bond acceptors (Lipinski definition) is 4. The lowest BCUT2D eigenvalue weighted by Crippen LogP contribution is -2.02. The minimum Gasteiger partial charge on any atom is -0.379 e. The lowest BCUT2D eigenvalue weighted by atomic mass is 10.2. The Morgan fingerprint density at radius 2 is 1.79 bits per heavy atom. The summed E-state index contributed by atoms with van der Waals surface area (Å²) in [7, 11) is 0. The summed E-state index contributed by atoms with van der Waals surface area (Å²) in [4.78, 5) is 13.0. The van der Waals surface area contributed by atoms with Crippen LogP contribution < -0.4 is 5.32 Å². The van der Waals surface area contributed by atoms with Crippen LogP contribution in [0.3, 0.4) is 0 Å². The van der Waals surface area contributed by atoms with Gasteiger partial charge in [-0.1, -0.05) is 12.1 Å². The van der Waals surface area contributed by atoms with Crippen LogP contribution in [0.2, 0.25) is 0 Å². The fraction of sp³-hybridized carbons (Fsp3) is 0.105. The van der Waals surface area contributed by atoms with Crippen LogP contribution in [0.5, 0.6) is 0 Å². The second kappa shape index (κ2) is 6.12. The molecule has 1 aromatic carbocycles. The molecular formula is C19H17N5. The summed E-state index contributed by atoms with van der Waals surface area (Å²) >= 11 is 0. The normalized spacial score (nSPS) is 10.9. The maximum atomic E-state index is 4.42. The van der Waals surface area contributed by atoms with E-state index in [4.69, 9.17) is 0 Å². The van der Waals surface area contributed by atoms with E-state index in [1.165, 1.54) is 5.56 Å². The van der Waals surface area contributed by atoms with Gasteiger partial charge in [-0.05, 0) is 42.8 Å². The molecule has 0 fully saturated rings. The molecule has 0 aliphatic rings. The molecule has 0 aliphatic heterocycles. The zero-order valence-electron chi connectivity index (χ0n) is 13.3. The highest BCUT2D eigenvalue weighted by atomic mass is 15.1. The molecule has 118 valence electrons. The van der Waals surface area contributed by atoms with Crippen molar-refractivity contribution in [2.45, 2.75) is 13.5 Å². The molecule has 0 unspecified atom stereocenters. The second-order valence-electron chi connectivity index (χ2n) is 5.59. The number of imidazole rings is 1. The van der Waals surface area contributed by atoms with Gasteiger partial charge in [-0.15, -0.1) is 0 Å². The molecule has 4 aromatic rings. The molecule has 0 atom stereocenters. The number of nitrogens with zero attached hydrogens (tertiary/aromatic N) is 4. The van der Waals surface area contributed by atoms with Gasteiger partial charge in [0.05, 0.1) is 11.2 Å². The van der Waals surface area contributed by atoms with Gasteiger partial charge in [-0.25, -0.2) is 4.98 Å². The molecule has 0 radical (unpaired) electrons. The molecule has 0 saturated carbocycles. The van der Waals surface area contributed by atoms with Gasteiger partial charge in [0.1, 0.15) is 11.3 Å². The number of nitrogens with one attached hydrogen (secondary N) is 1. The molecule has 3 heterocycles. The number of aryl methyl sites for hydroxylation is 1. The Morgan fingerprint density at radius 1 is 0.917 bits per heavy atom. The zero-order valence-corrected chi connectivity index (χ0v) is 13.3. The van der Waals surface area contributed by atoms with Crippen molar-refractivity contribution in [3.05, 3.63) is 78.6 Å². The SMILES string of the molecule is Cc1nccn1-c1ccc(CNc2ccnc3cccnc23)cc1. The minimum absolute atomic E-state index is 0.735. The van der Waals surface area contributed by atoms with Crippen molar-refractivity contribution >= 4 is 16.7 Å². The molecule has 5 nitrogen and oxygen atoms in total. The van der Waals surface area contributed by atoms with Gasteiger partial charge in [0.15, 0.2) is 0 Å². The standard InChI is InChI=1S/C19H17N5/c1-14-20-11-12-24(14)16-6-4-15(5-7-16)13-23-18-8-10-21-17-3-2-9-22-19(17)18/h2-12H,13H2,1H3,(H,21,23). The summed E-state index contributed by atoms with van der Waals surface area (Å²) in [6, 6.07) is 14.3. The summed E-state index contributed by atoms with van der Waals surface area (Å²) in [5.41, 5.74) is 5.11. The Morgan fingerprint density at radius 3 is 2.58 bits per heavy atom. The Labute approximate surface area is 140 Å². The molecule has 5 heteroatoms. The molecule has 0 bridgehead atoms. The van der Waals surface area contributed by atoms with Crippen LogP contribution in [0.25, 0.3) is 16.7 Å². The van der Waals surface area contributed by atoms with E-state index in [-0.39, 0.29) is 0 Å². The number of anilines is 1. The highest BCUT2D eigenvalue weighted by Crippen LogP contribution is 2.19. The quantitative estimate of drug-likeness (QED) is 0.623. The zero-order chi connectivity index (χ0) is 16.4. The molecule has 0 spiro atoms. The average molecular weight is 315 g/mol. The number of aromatic nitrogens is 4. The van der Waals surface area contributed by atoms with Crippen molar-refractivity contribution in [2.24, 2.45) is 0 Å². The van der Waals surface area contributed by atoms with Crippen molar-refractivity contribution < 1.29 is 0 Å². The van der Waals surface area contributed by atoms with Gasteiger partial charge in [0, 0.05) is 37.0 Å². The minimum atomic E-state index is 0.735. The van der Waals surface area contributed by atoms with E-state index >= 15 is 0 Å². The number of rotatable bonds is 4. The first-order chi connectivity index (χ1) is 11.8. The number of fused-ring (bicyclic) bond motifs is 1. The molecule has 3 aromatic heterocycles. The lowest BCUT2D eigenvalue weighted by Gasteiger charge is -2.10. The smallest absolute Gasteiger partial charge is 0.112 e. The van der Waals surface area contributed by atoms with Crippen LogP contribution in [-0.4, -0.2) is 19.5 Å². The Hall–Kier alpha value is -3.21. The van der Waals surface area contributed by atoms with E-state index in [9.17, 15) is 0 Å². The van der Waals surface area contributed by atoms with Crippen molar-refractivity contribution in [2.75, 3.05) is 5.32 Å². The summed E-state index contributed by atoms with van der Waals surface area (Å²) in [5.74, 6) is 0.982. The van der Waals surface area contributed by atoms with Crippen LogP contribution in [0.15, 0.2) is 67.3 Å². The molecule has 1 N–H and O–H groups in total. The number of pyridine rings is 2. The molecular weight excluding hydrogens is 298 g/mol. The molecule has 4 rings (SSSR count). The van der Waals surface area contributed by atoms with E-state index in [1.807, 2.05) is 37.5 Å². The number of benzene rings is 1. The predicted octanol–water partition coefficient (Wildman–Crippen LogP) is 3.74. The molecule has 0 amide bonds. The predicted molar refractivity (Wildman–Crippen MR) is 95.2 cm³/mol. The topological polar surface area (TPSA) is 55.6 Å². The summed E-state index contributed by atoms with van der Waals surface area (Å²) in [6.45, 7) is 2.73. The van der Waals surface area contributed by atoms with E-state index < -0.39 is 0 Å².